The van der Waals surface area contributed by atoms with Crippen molar-refractivity contribution in [2.75, 3.05) is 20.2 Å². The quantitative estimate of drug-likeness (QED) is 0.824. The number of esters is 1. The maximum atomic E-state index is 13.6. The van der Waals surface area contributed by atoms with Gasteiger partial charge in [-0.3, -0.25) is 4.98 Å². The number of hydrogen-bond donors (Lipinski definition) is 1. The second kappa shape index (κ2) is 7.80. The third-order valence-corrected chi connectivity index (χ3v) is 4.42. The summed E-state index contributed by atoms with van der Waals surface area (Å²) in [5.41, 5.74) is 0.856. The van der Waals surface area contributed by atoms with Gasteiger partial charge in [0.25, 0.3) is 0 Å². The monoisotopic (exact) mass is 364 g/mol. The third kappa shape index (κ3) is 4.08. The van der Waals surface area contributed by atoms with Gasteiger partial charge >= 0.3 is 5.97 Å². The van der Waals surface area contributed by atoms with Gasteiger partial charge in [0.15, 0.2) is 0 Å². The molecule has 0 saturated carbocycles. The van der Waals surface area contributed by atoms with Gasteiger partial charge in [-0.2, -0.15) is 0 Å². The van der Waals surface area contributed by atoms with E-state index in [1.807, 2.05) is 0 Å². The van der Waals surface area contributed by atoms with Gasteiger partial charge in [-0.05, 0) is 37.2 Å². The molecular formula is C18H18ClFN2O3. The third-order valence-electron chi connectivity index (χ3n) is 4.18. The number of ether oxygens (including phenoxy) is 2. The van der Waals surface area contributed by atoms with Gasteiger partial charge in [0, 0.05) is 29.2 Å². The number of nitrogens with one attached hydrogen (secondary N) is 1. The second-order valence-corrected chi connectivity index (χ2v) is 6.30. The molecular weight excluding hydrogens is 347 g/mol. The zero-order valence-electron chi connectivity index (χ0n) is 13.7. The van der Waals surface area contributed by atoms with Crippen LogP contribution in [0.3, 0.4) is 0 Å². The Kier molecular flexibility index (Phi) is 5.50. The molecule has 0 spiro atoms. The van der Waals surface area contributed by atoms with E-state index >= 15 is 0 Å². The SMILES string of the molecule is COC(=O)c1cc(Cl)ccc1OC(c1cncc(F)c1)C1CCNC1. The lowest BCUT2D eigenvalue weighted by atomic mass is 9.95. The molecule has 1 aromatic carbocycles. The summed E-state index contributed by atoms with van der Waals surface area (Å²) in [7, 11) is 1.29. The Morgan fingerprint density at radius 1 is 1.40 bits per heavy atom. The number of pyridine rings is 1. The van der Waals surface area contributed by atoms with Gasteiger partial charge in [0.1, 0.15) is 23.2 Å². The van der Waals surface area contributed by atoms with Crippen LogP contribution < -0.4 is 10.1 Å². The number of halogens is 2. The lowest BCUT2D eigenvalue weighted by molar-refractivity contribution is 0.0588. The van der Waals surface area contributed by atoms with E-state index in [9.17, 15) is 9.18 Å². The van der Waals surface area contributed by atoms with Gasteiger partial charge in [0.2, 0.25) is 0 Å². The molecule has 7 heteroatoms. The molecule has 132 valence electrons. The van der Waals surface area contributed by atoms with E-state index in [0.717, 1.165) is 25.7 Å². The summed E-state index contributed by atoms with van der Waals surface area (Å²) in [4.78, 5) is 16.0. The molecule has 2 heterocycles. The first-order chi connectivity index (χ1) is 12.1. The Bertz CT molecular complexity index is 766. The molecule has 5 nitrogen and oxygen atoms in total. The molecule has 2 aromatic rings. The summed E-state index contributed by atoms with van der Waals surface area (Å²) in [6, 6.07) is 6.16. The summed E-state index contributed by atoms with van der Waals surface area (Å²) in [6.45, 7) is 1.60. The van der Waals surface area contributed by atoms with Crippen molar-refractivity contribution in [1.82, 2.24) is 10.3 Å². The topological polar surface area (TPSA) is 60.5 Å². The summed E-state index contributed by atoms with van der Waals surface area (Å²) < 4.78 is 24.6. The highest BCUT2D eigenvalue weighted by atomic mass is 35.5. The van der Waals surface area contributed by atoms with Crippen LogP contribution in [-0.4, -0.2) is 31.2 Å². The maximum absolute atomic E-state index is 13.6. The molecule has 1 aromatic heterocycles. The van der Waals surface area contributed by atoms with Crippen LogP contribution >= 0.6 is 11.6 Å². The molecule has 1 saturated heterocycles. The molecule has 0 bridgehead atoms. The average molecular weight is 365 g/mol. The first-order valence-electron chi connectivity index (χ1n) is 7.94. The number of rotatable bonds is 5. The largest absolute Gasteiger partial charge is 0.484 e. The van der Waals surface area contributed by atoms with Crippen LogP contribution in [0.4, 0.5) is 4.39 Å². The van der Waals surface area contributed by atoms with Crippen LogP contribution in [0.5, 0.6) is 5.75 Å². The van der Waals surface area contributed by atoms with E-state index in [4.69, 9.17) is 21.1 Å². The number of nitrogens with zero attached hydrogens (tertiary/aromatic N) is 1. The van der Waals surface area contributed by atoms with Crippen molar-refractivity contribution in [3.05, 3.63) is 58.6 Å². The predicted octanol–water partition coefficient (Wildman–Crippen LogP) is 3.39. The first-order valence-corrected chi connectivity index (χ1v) is 8.32. The van der Waals surface area contributed by atoms with Crippen LogP contribution in [0.2, 0.25) is 5.02 Å². The van der Waals surface area contributed by atoms with Crippen molar-refractivity contribution < 1.29 is 18.7 Å². The normalized spacial score (nSPS) is 18.0. The molecule has 25 heavy (non-hydrogen) atoms. The van der Waals surface area contributed by atoms with E-state index in [1.54, 1.807) is 18.3 Å². The van der Waals surface area contributed by atoms with Crippen LogP contribution in [0.25, 0.3) is 0 Å². The van der Waals surface area contributed by atoms with E-state index < -0.39 is 17.9 Å². The molecule has 2 atom stereocenters. The van der Waals surface area contributed by atoms with Crippen LogP contribution in [0.15, 0.2) is 36.7 Å². The lowest BCUT2D eigenvalue weighted by Gasteiger charge is -2.25. The maximum Gasteiger partial charge on any atom is 0.341 e. The number of methoxy groups -OCH3 is 1. The number of benzene rings is 1. The van der Waals surface area contributed by atoms with E-state index in [2.05, 4.69) is 10.3 Å². The Balaban J connectivity index is 1.97. The van der Waals surface area contributed by atoms with Gasteiger partial charge < -0.3 is 14.8 Å². The smallest absolute Gasteiger partial charge is 0.341 e. The second-order valence-electron chi connectivity index (χ2n) is 5.86. The van der Waals surface area contributed by atoms with Crippen molar-refractivity contribution >= 4 is 17.6 Å². The number of carbonyl (C=O) groups excluding carboxylic acids is 1. The van der Waals surface area contributed by atoms with E-state index in [1.165, 1.54) is 19.2 Å². The van der Waals surface area contributed by atoms with Crippen molar-refractivity contribution in [1.29, 1.82) is 0 Å². The summed E-state index contributed by atoms with van der Waals surface area (Å²) in [5.74, 6) is -0.498. The van der Waals surface area contributed by atoms with Crippen molar-refractivity contribution in [3.8, 4) is 5.75 Å². The molecule has 1 aliphatic rings. The summed E-state index contributed by atoms with van der Waals surface area (Å²) in [6.07, 6.45) is 3.17. The number of carbonyl (C=O) groups is 1. The fraction of sp³-hybridized carbons (Fsp3) is 0.333. The van der Waals surface area contributed by atoms with Crippen LogP contribution in [-0.2, 0) is 4.74 Å². The molecule has 1 N–H and O–H groups in total. The minimum absolute atomic E-state index is 0.129. The first kappa shape index (κ1) is 17.6. The van der Waals surface area contributed by atoms with Crippen LogP contribution in [0, 0.1) is 11.7 Å². The fourth-order valence-corrected chi connectivity index (χ4v) is 3.14. The van der Waals surface area contributed by atoms with Gasteiger partial charge in [0.05, 0.1) is 13.3 Å². The minimum atomic E-state index is -0.543. The molecule has 3 rings (SSSR count). The molecule has 1 fully saturated rings. The Hall–Kier alpha value is -2.18. The van der Waals surface area contributed by atoms with Gasteiger partial charge in [-0.15, -0.1) is 0 Å². The fourth-order valence-electron chi connectivity index (χ4n) is 2.97. The average Bonchev–Trinajstić information content (AvgIpc) is 3.14. The molecule has 2 unspecified atom stereocenters. The summed E-state index contributed by atoms with van der Waals surface area (Å²) in [5, 5.41) is 3.68. The number of hydrogen-bond acceptors (Lipinski definition) is 5. The molecule has 0 aliphatic carbocycles. The highest BCUT2D eigenvalue weighted by Gasteiger charge is 2.30. The Morgan fingerprint density at radius 3 is 2.92 bits per heavy atom. The summed E-state index contributed by atoms with van der Waals surface area (Å²) >= 11 is 5.99. The molecule has 0 radical (unpaired) electrons. The minimum Gasteiger partial charge on any atom is -0.484 e. The van der Waals surface area contributed by atoms with E-state index in [-0.39, 0.29) is 11.5 Å². The van der Waals surface area contributed by atoms with Gasteiger partial charge in [-0.25, -0.2) is 9.18 Å². The highest BCUT2D eigenvalue weighted by Crippen LogP contribution is 2.34. The van der Waals surface area contributed by atoms with E-state index in [0.29, 0.717) is 16.3 Å². The highest BCUT2D eigenvalue weighted by molar-refractivity contribution is 6.31. The molecule has 0 amide bonds. The van der Waals surface area contributed by atoms with Crippen molar-refractivity contribution in [3.63, 3.8) is 0 Å². The number of aromatic nitrogens is 1. The zero-order valence-corrected chi connectivity index (χ0v) is 14.4. The predicted molar refractivity (Wildman–Crippen MR) is 91.3 cm³/mol. The Labute approximate surface area is 150 Å². The molecule has 1 aliphatic heterocycles. The van der Waals surface area contributed by atoms with Gasteiger partial charge in [-0.1, -0.05) is 11.6 Å². The Morgan fingerprint density at radius 2 is 2.24 bits per heavy atom. The van der Waals surface area contributed by atoms with Crippen molar-refractivity contribution in [2.24, 2.45) is 5.92 Å². The van der Waals surface area contributed by atoms with Crippen LogP contribution in [0.1, 0.15) is 28.4 Å². The van der Waals surface area contributed by atoms with Crippen molar-refractivity contribution in [2.45, 2.75) is 12.5 Å². The zero-order chi connectivity index (χ0) is 17.8. The lowest BCUT2D eigenvalue weighted by Crippen LogP contribution is -2.22. The standard InChI is InChI=1S/C18H18ClFN2O3/c1-24-18(23)15-7-13(19)2-3-16(15)25-17(11-4-5-21-8-11)12-6-14(20)10-22-9-12/h2-3,6-7,9-11,17,21H,4-5,8H2,1H3.